The first-order valence-corrected chi connectivity index (χ1v) is 11.1. The average Bonchev–Trinajstić information content (AvgIpc) is 3.38. The van der Waals surface area contributed by atoms with Crippen molar-refractivity contribution >= 4 is 28.6 Å². The number of aromatic nitrogens is 5. The molecule has 1 aromatic carbocycles. The smallest absolute Gasteiger partial charge is 0.254 e. The van der Waals surface area contributed by atoms with Gasteiger partial charge in [0.15, 0.2) is 0 Å². The summed E-state index contributed by atoms with van der Waals surface area (Å²) < 4.78 is 18.1. The van der Waals surface area contributed by atoms with Crippen molar-refractivity contribution in [1.29, 1.82) is 0 Å². The molecular formula is C24H27N7O4. The lowest BCUT2D eigenvalue weighted by molar-refractivity contribution is -0.0467. The summed E-state index contributed by atoms with van der Waals surface area (Å²) >= 11 is 0. The third-order valence-corrected chi connectivity index (χ3v) is 6.18. The minimum atomic E-state index is -0.0906. The highest BCUT2D eigenvalue weighted by Crippen LogP contribution is 2.36. The average molecular weight is 478 g/mol. The number of ether oxygens (including phenoxy) is 3. The van der Waals surface area contributed by atoms with Gasteiger partial charge < -0.3 is 29.4 Å². The summed E-state index contributed by atoms with van der Waals surface area (Å²) in [7, 11) is 6.79. The van der Waals surface area contributed by atoms with Crippen molar-refractivity contribution in [3.8, 4) is 22.8 Å². The highest BCUT2D eigenvalue weighted by Gasteiger charge is 2.28. The van der Waals surface area contributed by atoms with Crippen molar-refractivity contribution in [2.75, 3.05) is 39.8 Å². The number of aromatic amines is 1. The van der Waals surface area contributed by atoms with Crippen LogP contribution in [0, 0.1) is 6.92 Å². The number of carbonyl (C=O) groups excluding carboxylic acids is 1. The number of aryl methyl sites for hydroxylation is 2. The molecule has 4 aromatic rings. The fraction of sp³-hybridized carbons (Fsp3) is 0.333. The number of likely N-dealkylation sites (N-methyl/N-ethyl adjacent to an activating group) is 1. The van der Waals surface area contributed by atoms with Crippen LogP contribution in [0.15, 0.2) is 30.6 Å². The van der Waals surface area contributed by atoms with E-state index in [0.29, 0.717) is 47.7 Å². The third kappa shape index (κ3) is 4.03. The number of rotatable bonds is 7. The van der Waals surface area contributed by atoms with Gasteiger partial charge in [0.05, 0.1) is 50.2 Å². The maximum absolute atomic E-state index is 12.8. The highest BCUT2D eigenvalue weighted by atomic mass is 16.5. The first-order chi connectivity index (χ1) is 16.9. The fourth-order valence-corrected chi connectivity index (χ4v) is 4.14. The lowest BCUT2D eigenvalue weighted by Gasteiger charge is -2.34. The maximum atomic E-state index is 12.8. The Hall–Kier alpha value is -4.12. The Bertz CT molecular complexity index is 1410. The van der Waals surface area contributed by atoms with Gasteiger partial charge in [0.25, 0.3) is 5.91 Å². The molecule has 1 fully saturated rings. The molecule has 0 unspecified atom stereocenters. The van der Waals surface area contributed by atoms with Crippen molar-refractivity contribution in [3.63, 3.8) is 0 Å². The van der Waals surface area contributed by atoms with Gasteiger partial charge in [-0.2, -0.15) is 15.1 Å². The van der Waals surface area contributed by atoms with E-state index >= 15 is 0 Å². The summed E-state index contributed by atoms with van der Waals surface area (Å²) in [5.41, 5.74) is 4.55. The predicted molar refractivity (Wildman–Crippen MR) is 130 cm³/mol. The number of H-pyrrole nitrogens is 1. The van der Waals surface area contributed by atoms with Crippen LogP contribution < -0.4 is 14.8 Å². The summed E-state index contributed by atoms with van der Waals surface area (Å²) in [6, 6.07) is 5.32. The molecule has 0 atom stereocenters. The molecule has 35 heavy (non-hydrogen) atoms. The minimum Gasteiger partial charge on any atom is -0.495 e. The Balaban J connectivity index is 1.46. The molecule has 4 heterocycles. The molecule has 11 nitrogen and oxygen atoms in total. The molecule has 0 bridgehead atoms. The van der Waals surface area contributed by atoms with Crippen LogP contribution in [0.1, 0.15) is 16.1 Å². The Labute approximate surface area is 202 Å². The van der Waals surface area contributed by atoms with Crippen molar-refractivity contribution < 1.29 is 19.0 Å². The van der Waals surface area contributed by atoms with E-state index in [1.165, 1.54) is 0 Å². The topological polar surface area (TPSA) is 119 Å². The lowest BCUT2D eigenvalue weighted by atomic mass is 10.1. The van der Waals surface area contributed by atoms with Gasteiger partial charge in [-0.25, -0.2) is 0 Å². The SMILES string of the molecule is COc1cc(C(=O)N(C)C2COC2)ccc1Nc1nc(OC)c2c(-c3cn(C)nc3C)c[nH]c2n1. The minimum absolute atomic E-state index is 0.0906. The molecule has 5 rings (SSSR count). The molecule has 2 N–H and O–H groups in total. The van der Waals surface area contributed by atoms with Crippen LogP contribution >= 0.6 is 0 Å². The first kappa shape index (κ1) is 22.7. The second-order valence-corrected chi connectivity index (χ2v) is 8.43. The van der Waals surface area contributed by atoms with Crippen LogP contribution in [0.4, 0.5) is 11.6 Å². The second-order valence-electron chi connectivity index (χ2n) is 8.43. The van der Waals surface area contributed by atoms with E-state index in [2.05, 4.69) is 25.4 Å². The van der Waals surface area contributed by atoms with Gasteiger partial charge in [-0.1, -0.05) is 0 Å². The molecule has 1 aliphatic rings. The summed E-state index contributed by atoms with van der Waals surface area (Å²) in [5.74, 6) is 1.15. The highest BCUT2D eigenvalue weighted by molar-refractivity contribution is 5.98. The summed E-state index contributed by atoms with van der Waals surface area (Å²) in [4.78, 5) is 27.0. The van der Waals surface area contributed by atoms with Gasteiger partial charge in [0.2, 0.25) is 11.8 Å². The van der Waals surface area contributed by atoms with E-state index in [0.717, 1.165) is 22.2 Å². The lowest BCUT2D eigenvalue weighted by Crippen LogP contribution is -2.49. The molecule has 1 saturated heterocycles. The normalized spacial score (nSPS) is 13.5. The Kier molecular flexibility index (Phi) is 5.77. The predicted octanol–water partition coefficient (Wildman–Crippen LogP) is 2.90. The van der Waals surface area contributed by atoms with Gasteiger partial charge in [0.1, 0.15) is 11.4 Å². The number of anilines is 2. The zero-order valence-electron chi connectivity index (χ0n) is 20.2. The summed E-state index contributed by atoms with van der Waals surface area (Å²) in [5, 5.41) is 8.39. The van der Waals surface area contributed by atoms with E-state index in [1.807, 2.05) is 26.4 Å². The number of fused-ring (bicyclic) bond motifs is 1. The zero-order chi connectivity index (χ0) is 24.7. The van der Waals surface area contributed by atoms with Gasteiger partial charge in [-0.05, 0) is 25.1 Å². The van der Waals surface area contributed by atoms with E-state index in [1.54, 1.807) is 49.0 Å². The van der Waals surface area contributed by atoms with Crippen molar-refractivity contribution in [2.45, 2.75) is 13.0 Å². The van der Waals surface area contributed by atoms with Crippen LogP contribution in [0.3, 0.4) is 0 Å². The van der Waals surface area contributed by atoms with Crippen LogP contribution in [0.25, 0.3) is 22.2 Å². The van der Waals surface area contributed by atoms with Crippen LogP contribution in [-0.2, 0) is 11.8 Å². The number of carbonyl (C=O) groups is 1. The molecule has 3 aromatic heterocycles. The van der Waals surface area contributed by atoms with E-state index in [9.17, 15) is 4.79 Å². The molecule has 11 heteroatoms. The Morgan fingerprint density at radius 1 is 1.23 bits per heavy atom. The van der Waals surface area contributed by atoms with Crippen LogP contribution in [0.2, 0.25) is 0 Å². The molecule has 1 aliphatic heterocycles. The molecule has 0 radical (unpaired) electrons. The summed E-state index contributed by atoms with van der Waals surface area (Å²) in [6.07, 6.45) is 3.83. The van der Waals surface area contributed by atoms with Crippen molar-refractivity contribution in [3.05, 3.63) is 41.9 Å². The number of amides is 1. The van der Waals surface area contributed by atoms with Gasteiger partial charge in [-0.15, -0.1) is 0 Å². The number of hydrogen-bond acceptors (Lipinski definition) is 8. The number of nitrogens with zero attached hydrogens (tertiary/aromatic N) is 5. The second kappa shape index (κ2) is 8.91. The first-order valence-electron chi connectivity index (χ1n) is 11.1. The molecule has 1 amide bonds. The van der Waals surface area contributed by atoms with Crippen LogP contribution in [-0.4, -0.2) is 76.1 Å². The Morgan fingerprint density at radius 2 is 2.03 bits per heavy atom. The zero-order valence-corrected chi connectivity index (χ0v) is 20.2. The van der Waals surface area contributed by atoms with Gasteiger partial charge in [0, 0.05) is 43.2 Å². The maximum Gasteiger partial charge on any atom is 0.254 e. The van der Waals surface area contributed by atoms with E-state index in [-0.39, 0.29) is 11.9 Å². The molecule has 182 valence electrons. The van der Waals surface area contributed by atoms with Crippen molar-refractivity contribution in [2.24, 2.45) is 7.05 Å². The van der Waals surface area contributed by atoms with Crippen molar-refractivity contribution in [1.82, 2.24) is 29.6 Å². The molecule has 0 spiro atoms. The summed E-state index contributed by atoms with van der Waals surface area (Å²) in [6.45, 7) is 3.07. The fourth-order valence-electron chi connectivity index (χ4n) is 4.14. The Morgan fingerprint density at radius 3 is 2.66 bits per heavy atom. The quantitative estimate of drug-likeness (QED) is 0.417. The standard InChI is InChI=1S/C24H27N7O4/c1-13-17(10-30(2)29-13)16-9-25-21-20(16)22(34-5)28-24(27-21)26-18-7-6-14(8-19(18)33-4)23(32)31(3)15-11-35-12-15/h6-10,15H,11-12H2,1-5H3,(H2,25,26,27,28). The molecule has 0 saturated carbocycles. The molecular weight excluding hydrogens is 450 g/mol. The third-order valence-electron chi connectivity index (χ3n) is 6.18. The number of benzene rings is 1. The van der Waals surface area contributed by atoms with E-state index < -0.39 is 0 Å². The monoisotopic (exact) mass is 477 g/mol. The largest absolute Gasteiger partial charge is 0.495 e. The number of hydrogen-bond donors (Lipinski definition) is 2. The van der Waals surface area contributed by atoms with Crippen LogP contribution in [0.5, 0.6) is 11.6 Å². The van der Waals surface area contributed by atoms with Gasteiger partial charge >= 0.3 is 0 Å². The number of methoxy groups -OCH3 is 2. The number of nitrogens with one attached hydrogen (secondary N) is 2. The van der Waals surface area contributed by atoms with Gasteiger partial charge in [-0.3, -0.25) is 9.48 Å². The molecule has 0 aliphatic carbocycles. The van der Waals surface area contributed by atoms with E-state index in [4.69, 9.17) is 14.2 Å².